The molecule has 1 aliphatic heterocycles. The molecule has 0 spiro atoms. The van der Waals surface area contributed by atoms with Crippen molar-refractivity contribution in [3.8, 4) is 0 Å². The number of fused-ring (bicyclic) bond motifs is 1. The van der Waals surface area contributed by atoms with Crippen LogP contribution in [0.4, 0.5) is 4.39 Å². The molecule has 0 amide bonds. The highest BCUT2D eigenvalue weighted by atomic mass is 32.2. The van der Waals surface area contributed by atoms with Crippen LogP contribution in [0.2, 0.25) is 0 Å². The molecule has 1 aliphatic carbocycles. The van der Waals surface area contributed by atoms with Gasteiger partial charge in [0, 0.05) is 11.7 Å². The Morgan fingerprint density at radius 3 is 2.56 bits per heavy atom. The molecule has 0 radical (unpaired) electrons. The summed E-state index contributed by atoms with van der Waals surface area (Å²) in [6.07, 6.45) is 7.65. The van der Waals surface area contributed by atoms with E-state index >= 15 is 0 Å². The highest BCUT2D eigenvalue weighted by Gasteiger charge is 2.34. The van der Waals surface area contributed by atoms with Crippen molar-refractivity contribution >= 4 is 10.0 Å². The fraction of sp³-hybridized carbons (Fsp3) is 0.737. The lowest BCUT2D eigenvalue weighted by atomic mass is 9.86. The maximum Gasteiger partial charge on any atom is 0.287 e. The van der Waals surface area contributed by atoms with Crippen LogP contribution in [-0.2, 0) is 21.2 Å². The van der Waals surface area contributed by atoms with E-state index in [0.29, 0.717) is 12.8 Å². The largest absolute Gasteiger partial charge is 0.376 e. The minimum Gasteiger partial charge on any atom is -0.376 e. The maximum absolute atomic E-state index is 13.9. The number of nitrogens with zero attached hydrogens (tertiary/aromatic N) is 1. The van der Waals surface area contributed by atoms with E-state index in [0.717, 1.165) is 43.6 Å². The lowest BCUT2D eigenvalue weighted by Crippen LogP contribution is -2.49. The van der Waals surface area contributed by atoms with Crippen LogP contribution in [-0.4, -0.2) is 38.0 Å². The van der Waals surface area contributed by atoms with Gasteiger partial charge in [-0.1, -0.05) is 13.3 Å². The Bertz CT molecular complexity index is 815. The SMILES string of the molecule is CCC1CCC(OC[C@H]2[C@@H](NS(C)(=O)=O)CCc3ccc(F)c(=O)n32)CC1. The molecule has 1 fully saturated rings. The van der Waals surface area contributed by atoms with Gasteiger partial charge in [0.15, 0.2) is 5.82 Å². The normalized spacial score (nSPS) is 28.7. The van der Waals surface area contributed by atoms with E-state index in [4.69, 9.17) is 4.74 Å². The lowest BCUT2D eigenvalue weighted by Gasteiger charge is -2.36. The molecule has 27 heavy (non-hydrogen) atoms. The first-order valence-electron chi connectivity index (χ1n) is 9.77. The van der Waals surface area contributed by atoms with Crippen molar-refractivity contribution in [1.82, 2.24) is 9.29 Å². The van der Waals surface area contributed by atoms with Gasteiger partial charge in [-0.2, -0.15) is 0 Å². The van der Waals surface area contributed by atoms with Crippen molar-refractivity contribution in [2.24, 2.45) is 5.92 Å². The number of aromatic nitrogens is 1. The number of halogens is 1. The van der Waals surface area contributed by atoms with Gasteiger partial charge in [-0.3, -0.25) is 4.79 Å². The summed E-state index contributed by atoms with van der Waals surface area (Å²) in [5.41, 5.74) is 0.00651. The number of pyridine rings is 1. The maximum atomic E-state index is 13.9. The molecule has 2 heterocycles. The average molecular weight is 401 g/mol. The molecular weight excluding hydrogens is 371 g/mol. The fourth-order valence-electron chi connectivity index (χ4n) is 4.35. The molecule has 2 atom stereocenters. The van der Waals surface area contributed by atoms with Gasteiger partial charge in [0.05, 0.1) is 25.0 Å². The zero-order valence-electron chi connectivity index (χ0n) is 16.0. The Kier molecular flexibility index (Phi) is 6.38. The summed E-state index contributed by atoms with van der Waals surface area (Å²) in [7, 11) is -3.45. The fourth-order valence-corrected chi connectivity index (χ4v) is 5.18. The van der Waals surface area contributed by atoms with Crippen molar-refractivity contribution in [2.45, 2.75) is 70.1 Å². The number of nitrogens with one attached hydrogen (secondary N) is 1. The smallest absolute Gasteiger partial charge is 0.287 e. The van der Waals surface area contributed by atoms with Crippen LogP contribution in [0.15, 0.2) is 16.9 Å². The number of rotatable bonds is 6. The molecule has 0 saturated heterocycles. The van der Waals surface area contributed by atoms with Gasteiger partial charge in [-0.25, -0.2) is 17.5 Å². The summed E-state index contributed by atoms with van der Waals surface area (Å²) < 4.78 is 47.5. The third kappa shape index (κ3) is 4.97. The first-order chi connectivity index (χ1) is 12.8. The van der Waals surface area contributed by atoms with Crippen LogP contribution in [0, 0.1) is 11.7 Å². The molecule has 1 saturated carbocycles. The second kappa shape index (κ2) is 8.41. The van der Waals surface area contributed by atoms with Gasteiger partial charge in [-0.05, 0) is 56.6 Å². The Hall–Kier alpha value is -1.25. The number of hydrogen-bond donors (Lipinski definition) is 1. The molecule has 2 aliphatic rings. The van der Waals surface area contributed by atoms with E-state index in [-0.39, 0.29) is 12.7 Å². The number of aryl methyl sites for hydroxylation is 1. The van der Waals surface area contributed by atoms with Crippen LogP contribution < -0.4 is 10.3 Å². The predicted molar refractivity (Wildman–Crippen MR) is 102 cm³/mol. The summed E-state index contributed by atoms with van der Waals surface area (Å²) in [5, 5.41) is 0. The number of sulfonamides is 1. The molecule has 1 N–H and O–H groups in total. The molecule has 1 aromatic rings. The van der Waals surface area contributed by atoms with Gasteiger partial charge in [0.25, 0.3) is 5.56 Å². The van der Waals surface area contributed by atoms with E-state index in [1.54, 1.807) is 6.07 Å². The Balaban J connectivity index is 1.80. The van der Waals surface area contributed by atoms with Gasteiger partial charge < -0.3 is 9.30 Å². The molecule has 0 aromatic carbocycles. The zero-order chi connectivity index (χ0) is 19.6. The molecule has 1 aromatic heterocycles. The molecule has 0 bridgehead atoms. The molecule has 0 unspecified atom stereocenters. The summed E-state index contributed by atoms with van der Waals surface area (Å²) >= 11 is 0. The van der Waals surface area contributed by atoms with Crippen molar-refractivity contribution in [3.05, 3.63) is 34.0 Å². The van der Waals surface area contributed by atoms with Crippen LogP contribution in [0.3, 0.4) is 0 Å². The molecule has 8 heteroatoms. The summed E-state index contributed by atoms with van der Waals surface area (Å²) in [4.78, 5) is 12.4. The topological polar surface area (TPSA) is 77.4 Å². The summed E-state index contributed by atoms with van der Waals surface area (Å²) in [6, 6.07) is 1.75. The van der Waals surface area contributed by atoms with Crippen molar-refractivity contribution in [3.63, 3.8) is 0 Å². The quantitative estimate of drug-likeness (QED) is 0.795. The van der Waals surface area contributed by atoms with Crippen molar-refractivity contribution in [2.75, 3.05) is 12.9 Å². The van der Waals surface area contributed by atoms with Crippen LogP contribution in [0.1, 0.15) is 57.2 Å². The monoisotopic (exact) mass is 400 g/mol. The Morgan fingerprint density at radius 2 is 1.93 bits per heavy atom. The van der Waals surface area contributed by atoms with Gasteiger partial charge in [-0.15, -0.1) is 0 Å². The van der Waals surface area contributed by atoms with Crippen LogP contribution >= 0.6 is 0 Å². The van der Waals surface area contributed by atoms with E-state index < -0.39 is 33.5 Å². The third-order valence-electron chi connectivity index (χ3n) is 5.90. The first-order valence-corrected chi connectivity index (χ1v) is 11.7. The molecule has 6 nitrogen and oxygen atoms in total. The Morgan fingerprint density at radius 1 is 1.22 bits per heavy atom. The van der Waals surface area contributed by atoms with Gasteiger partial charge in [0.2, 0.25) is 10.0 Å². The standard InChI is InChI=1S/C19H29FN2O4S/c1-3-13-4-8-15(9-5-13)26-12-18-17(21-27(2,24)25)11-7-14-6-10-16(20)19(23)22(14)18/h6,10,13,15,17-18,21H,3-5,7-9,11-12H2,1-2H3/t13?,15?,17-,18-/m0/s1. The van der Waals surface area contributed by atoms with Crippen molar-refractivity contribution in [1.29, 1.82) is 0 Å². The average Bonchev–Trinajstić information content (AvgIpc) is 2.63. The van der Waals surface area contributed by atoms with Crippen LogP contribution in [0.5, 0.6) is 0 Å². The number of ether oxygens (including phenoxy) is 1. The summed E-state index contributed by atoms with van der Waals surface area (Å²) in [6.45, 7) is 2.40. The van der Waals surface area contributed by atoms with Gasteiger partial charge in [0.1, 0.15) is 0 Å². The van der Waals surface area contributed by atoms with E-state index in [2.05, 4.69) is 11.6 Å². The van der Waals surface area contributed by atoms with Gasteiger partial charge >= 0.3 is 0 Å². The second-order valence-corrected chi connectivity index (χ2v) is 9.61. The number of hydrogen-bond acceptors (Lipinski definition) is 4. The second-order valence-electron chi connectivity index (χ2n) is 7.83. The molecule has 152 valence electrons. The highest BCUT2D eigenvalue weighted by Crippen LogP contribution is 2.30. The minimum absolute atomic E-state index is 0.112. The summed E-state index contributed by atoms with van der Waals surface area (Å²) in [5.74, 6) is -0.0798. The third-order valence-corrected chi connectivity index (χ3v) is 6.63. The minimum atomic E-state index is -3.45. The van der Waals surface area contributed by atoms with E-state index in [9.17, 15) is 17.6 Å². The lowest BCUT2D eigenvalue weighted by molar-refractivity contribution is -0.00709. The first kappa shape index (κ1) is 20.5. The molecular formula is C19H29FN2O4S. The Labute approximate surface area is 160 Å². The zero-order valence-corrected chi connectivity index (χ0v) is 16.8. The van der Waals surface area contributed by atoms with E-state index in [1.165, 1.54) is 17.1 Å². The van der Waals surface area contributed by atoms with Crippen LogP contribution in [0.25, 0.3) is 0 Å². The van der Waals surface area contributed by atoms with E-state index in [1.807, 2.05) is 0 Å². The predicted octanol–water partition coefficient (Wildman–Crippen LogP) is 2.38. The highest BCUT2D eigenvalue weighted by molar-refractivity contribution is 7.88. The molecule has 3 rings (SSSR count). The van der Waals surface area contributed by atoms with Crippen molar-refractivity contribution < 1.29 is 17.5 Å².